The van der Waals surface area contributed by atoms with E-state index < -0.39 is 6.04 Å². The third-order valence-corrected chi connectivity index (χ3v) is 4.23. The van der Waals surface area contributed by atoms with Crippen molar-refractivity contribution in [3.8, 4) is 0 Å². The molecule has 0 saturated carbocycles. The first kappa shape index (κ1) is 22.6. The van der Waals surface area contributed by atoms with E-state index >= 15 is 0 Å². The van der Waals surface area contributed by atoms with Gasteiger partial charge in [-0.1, -0.05) is 26.0 Å². The fraction of sp³-hybridized carbons (Fsp3) is 0.444. The van der Waals surface area contributed by atoms with Crippen LogP contribution in [-0.4, -0.2) is 36.2 Å². The number of benzene rings is 1. The van der Waals surface area contributed by atoms with Crippen molar-refractivity contribution in [2.45, 2.75) is 32.7 Å². The molecule has 5 N–H and O–H groups in total. The van der Waals surface area contributed by atoms with Crippen LogP contribution < -0.4 is 21.7 Å². The van der Waals surface area contributed by atoms with E-state index in [0.717, 1.165) is 5.56 Å². The molecule has 9 heteroatoms. The summed E-state index contributed by atoms with van der Waals surface area (Å²) in [5.41, 5.74) is 7.18. The zero-order valence-corrected chi connectivity index (χ0v) is 16.1. The van der Waals surface area contributed by atoms with E-state index in [0.29, 0.717) is 12.1 Å². The number of carbonyl (C=O) groups is 4. The molecule has 1 aromatic carbocycles. The molecular formula is C18H25ClN4O4. The lowest BCUT2D eigenvalue weighted by atomic mass is 9.98. The maximum atomic E-state index is 11.9. The Hall–Kier alpha value is -2.45. The smallest absolute Gasteiger partial charge is 0.243 e. The molecule has 4 amide bonds. The number of hydrogen-bond donors (Lipinski definition) is 4. The molecule has 8 nitrogen and oxygen atoms in total. The SMILES string of the molecule is CC(C)[C@H](N)C(=O)NCC(=O)Nc1ccc(CC2CC(=O)NC2=O)cc1.Cl. The maximum absolute atomic E-state index is 11.9. The predicted octanol–water partition coefficient (Wildman–Crippen LogP) is 0.352. The molecule has 1 aliphatic rings. The Morgan fingerprint density at radius 3 is 2.37 bits per heavy atom. The summed E-state index contributed by atoms with van der Waals surface area (Å²) in [4.78, 5) is 46.4. The van der Waals surface area contributed by atoms with Gasteiger partial charge >= 0.3 is 0 Å². The summed E-state index contributed by atoms with van der Waals surface area (Å²) < 4.78 is 0. The molecule has 1 unspecified atom stereocenters. The van der Waals surface area contributed by atoms with Gasteiger partial charge in [0.15, 0.2) is 0 Å². The monoisotopic (exact) mass is 396 g/mol. The number of imide groups is 1. The molecular weight excluding hydrogens is 372 g/mol. The van der Waals surface area contributed by atoms with Gasteiger partial charge in [0, 0.05) is 12.1 Å². The van der Waals surface area contributed by atoms with Crippen molar-refractivity contribution in [2.75, 3.05) is 11.9 Å². The normalized spacial score (nSPS) is 17.1. The van der Waals surface area contributed by atoms with E-state index in [1.165, 1.54) is 0 Å². The lowest BCUT2D eigenvalue weighted by Crippen LogP contribution is -2.46. The molecule has 0 radical (unpaired) electrons. The largest absolute Gasteiger partial charge is 0.346 e. The van der Waals surface area contributed by atoms with Gasteiger partial charge in [-0.15, -0.1) is 12.4 Å². The van der Waals surface area contributed by atoms with Gasteiger partial charge in [0.2, 0.25) is 23.6 Å². The van der Waals surface area contributed by atoms with Crippen LogP contribution in [0.4, 0.5) is 5.69 Å². The average molecular weight is 397 g/mol. The van der Waals surface area contributed by atoms with E-state index in [1.807, 2.05) is 13.8 Å². The lowest BCUT2D eigenvalue weighted by Gasteiger charge is -2.15. The topological polar surface area (TPSA) is 130 Å². The van der Waals surface area contributed by atoms with E-state index in [2.05, 4.69) is 16.0 Å². The quantitative estimate of drug-likeness (QED) is 0.494. The standard InChI is InChI=1S/C18H24N4O4.ClH/c1-10(2)16(19)18(26)20-9-15(24)21-13-5-3-11(4-6-13)7-12-8-14(23)22-17(12)25;/h3-6,10,12,16H,7-9,19H2,1-2H3,(H,20,26)(H,21,24)(H,22,23,25);1H/t12?,16-;/m0./s1. The molecule has 1 heterocycles. The molecule has 1 fully saturated rings. The van der Waals surface area contributed by atoms with E-state index in [9.17, 15) is 19.2 Å². The number of amides is 4. The Kier molecular flexibility index (Phi) is 8.39. The molecule has 0 bridgehead atoms. The van der Waals surface area contributed by atoms with Crippen LogP contribution in [-0.2, 0) is 25.6 Å². The fourth-order valence-electron chi connectivity index (χ4n) is 2.57. The summed E-state index contributed by atoms with van der Waals surface area (Å²) in [6.45, 7) is 3.50. The second-order valence-corrected chi connectivity index (χ2v) is 6.75. The van der Waals surface area contributed by atoms with Crippen molar-refractivity contribution in [3.05, 3.63) is 29.8 Å². The molecule has 0 aromatic heterocycles. The van der Waals surface area contributed by atoms with Crippen LogP contribution in [0.1, 0.15) is 25.8 Å². The van der Waals surface area contributed by atoms with Crippen LogP contribution in [0.25, 0.3) is 0 Å². The highest BCUT2D eigenvalue weighted by atomic mass is 35.5. The van der Waals surface area contributed by atoms with Gasteiger partial charge < -0.3 is 16.4 Å². The van der Waals surface area contributed by atoms with Crippen molar-refractivity contribution < 1.29 is 19.2 Å². The van der Waals surface area contributed by atoms with Crippen LogP contribution in [0.5, 0.6) is 0 Å². The lowest BCUT2D eigenvalue weighted by molar-refractivity contribution is -0.126. The van der Waals surface area contributed by atoms with Gasteiger partial charge in [-0.25, -0.2) is 0 Å². The third kappa shape index (κ3) is 6.65. The summed E-state index contributed by atoms with van der Waals surface area (Å²) >= 11 is 0. The minimum atomic E-state index is -0.651. The Morgan fingerprint density at radius 1 is 1.22 bits per heavy atom. The zero-order chi connectivity index (χ0) is 19.3. The summed E-state index contributed by atoms with van der Waals surface area (Å²) in [6.07, 6.45) is 0.671. The van der Waals surface area contributed by atoms with Crippen molar-refractivity contribution in [3.63, 3.8) is 0 Å². The van der Waals surface area contributed by atoms with E-state index in [4.69, 9.17) is 5.73 Å². The second kappa shape index (κ2) is 10.0. The molecule has 1 aromatic rings. The van der Waals surface area contributed by atoms with Gasteiger partial charge in [0.05, 0.1) is 18.5 Å². The molecule has 0 spiro atoms. The van der Waals surface area contributed by atoms with Gasteiger partial charge in [-0.05, 0) is 30.0 Å². The Labute approximate surface area is 164 Å². The van der Waals surface area contributed by atoms with Crippen molar-refractivity contribution >= 4 is 41.7 Å². The summed E-state index contributed by atoms with van der Waals surface area (Å²) in [6, 6.07) is 6.35. The molecule has 148 valence electrons. The van der Waals surface area contributed by atoms with Gasteiger partial charge in [0.25, 0.3) is 0 Å². The number of carbonyl (C=O) groups excluding carboxylic acids is 4. The first-order chi connectivity index (χ1) is 12.3. The zero-order valence-electron chi connectivity index (χ0n) is 15.3. The van der Waals surface area contributed by atoms with Gasteiger partial charge in [-0.3, -0.25) is 24.5 Å². The van der Waals surface area contributed by atoms with Crippen LogP contribution >= 0.6 is 12.4 Å². The molecule has 27 heavy (non-hydrogen) atoms. The number of halogens is 1. The first-order valence-electron chi connectivity index (χ1n) is 8.52. The van der Waals surface area contributed by atoms with Crippen molar-refractivity contribution in [1.29, 1.82) is 0 Å². The Bertz CT molecular complexity index is 706. The molecule has 1 saturated heterocycles. The van der Waals surface area contributed by atoms with Gasteiger partial charge in [0.1, 0.15) is 0 Å². The van der Waals surface area contributed by atoms with Crippen molar-refractivity contribution in [1.82, 2.24) is 10.6 Å². The molecule has 2 rings (SSSR count). The van der Waals surface area contributed by atoms with Crippen LogP contribution in [0.3, 0.4) is 0 Å². The summed E-state index contributed by atoms with van der Waals surface area (Å²) in [5.74, 6) is -1.57. The van der Waals surface area contributed by atoms with E-state index in [1.54, 1.807) is 24.3 Å². The highest BCUT2D eigenvalue weighted by Crippen LogP contribution is 2.18. The number of nitrogens with one attached hydrogen (secondary N) is 3. The van der Waals surface area contributed by atoms with Crippen molar-refractivity contribution in [2.24, 2.45) is 17.6 Å². The first-order valence-corrected chi connectivity index (χ1v) is 8.52. The molecule has 1 aliphatic heterocycles. The highest BCUT2D eigenvalue weighted by molar-refractivity contribution is 6.03. The van der Waals surface area contributed by atoms with Crippen LogP contribution in [0.15, 0.2) is 24.3 Å². The minimum absolute atomic E-state index is 0. The molecule has 0 aliphatic carbocycles. The Morgan fingerprint density at radius 2 is 1.85 bits per heavy atom. The predicted molar refractivity (Wildman–Crippen MR) is 103 cm³/mol. The number of rotatable bonds is 7. The average Bonchev–Trinajstić information content (AvgIpc) is 2.90. The minimum Gasteiger partial charge on any atom is -0.346 e. The van der Waals surface area contributed by atoms with Crippen LogP contribution in [0, 0.1) is 11.8 Å². The molecule has 2 atom stereocenters. The fourth-order valence-corrected chi connectivity index (χ4v) is 2.57. The van der Waals surface area contributed by atoms with Gasteiger partial charge in [-0.2, -0.15) is 0 Å². The Balaban J connectivity index is 0.00000364. The second-order valence-electron chi connectivity index (χ2n) is 6.75. The highest BCUT2D eigenvalue weighted by Gasteiger charge is 2.30. The number of anilines is 1. The number of nitrogens with two attached hydrogens (primary N) is 1. The number of hydrogen-bond acceptors (Lipinski definition) is 5. The third-order valence-electron chi connectivity index (χ3n) is 4.23. The van der Waals surface area contributed by atoms with Crippen LogP contribution in [0.2, 0.25) is 0 Å². The maximum Gasteiger partial charge on any atom is 0.243 e. The van der Waals surface area contributed by atoms with E-state index in [-0.39, 0.29) is 60.8 Å². The summed E-state index contributed by atoms with van der Waals surface area (Å²) in [5, 5.41) is 7.46. The summed E-state index contributed by atoms with van der Waals surface area (Å²) in [7, 11) is 0.